The molecular weight excluding hydrogens is 226 g/mol. The van der Waals surface area contributed by atoms with Crippen LogP contribution in [0.2, 0.25) is 0 Å². The second-order valence-electron chi connectivity index (χ2n) is 3.39. The lowest BCUT2D eigenvalue weighted by molar-refractivity contribution is 0.240. The lowest BCUT2D eigenvalue weighted by atomic mass is 10.1. The first-order chi connectivity index (χ1) is 7.74. The molecule has 2 rings (SSSR count). The van der Waals surface area contributed by atoms with E-state index in [0.29, 0.717) is 23.2 Å². The van der Waals surface area contributed by atoms with E-state index in [0.717, 1.165) is 5.56 Å². The zero-order valence-corrected chi connectivity index (χ0v) is 9.97. The minimum Gasteiger partial charge on any atom is -0.493 e. The van der Waals surface area contributed by atoms with Crippen molar-refractivity contribution in [1.29, 1.82) is 0 Å². The molecule has 1 unspecified atom stereocenters. The van der Waals surface area contributed by atoms with Gasteiger partial charge in [-0.1, -0.05) is 6.07 Å². The van der Waals surface area contributed by atoms with Gasteiger partial charge in [-0.05, 0) is 29.9 Å². The van der Waals surface area contributed by atoms with Gasteiger partial charge in [-0.25, -0.2) is 0 Å². The topological polar surface area (TPSA) is 39.7 Å². The van der Waals surface area contributed by atoms with E-state index < -0.39 is 0 Å². The summed E-state index contributed by atoms with van der Waals surface area (Å²) in [5.74, 6) is 1.40. The van der Waals surface area contributed by atoms with Crippen molar-refractivity contribution >= 4 is 17.4 Å². The molecule has 0 bridgehead atoms. The van der Waals surface area contributed by atoms with Crippen molar-refractivity contribution in [2.75, 3.05) is 20.8 Å². The number of hydrogen-bond donors (Lipinski definition) is 1. The molecule has 16 heavy (non-hydrogen) atoms. The number of benzene rings is 1. The van der Waals surface area contributed by atoms with E-state index in [1.165, 1.54) is 0 Å². The van der Waals surface area contributed by atoms with Crippen LogP contribution in [0.3, 0.4) is 0 Å². The molecule has 1 aliphatic heterocycles. The van der Waals surface area contributed by atoms with Crippen LogP contribution >= 0.6 is 12.2 Å². The van der Waals surface area contributed by atoms with Gasteiger partial charge in [0.15, 0.2) is 11.5 Å². The quantitative estimate of drug-likeness (QED) is 0.812. The van der Waals surface area contributed by atoms with E-state index in [9.17, 15) is 0 Å². The van der Waals surface area contributed by atoms with Crippen molar-refractivity contribution in [2.24, 2.45) is 0 Å². The molecule has 0 spiro atoms. The zero-order valence-electron chi connectivity index (χ0n) is 9.15. The highest BCUT2D eigenvalue weighted by molar-refractivity contribution is 7.80. The SMILES string of the molecule is COc1ccc(C2CNC(=S)O2)cc1OC. The standard InChI is InChI=1S/C11H13NO3S/c1-13-8-4-3-7(5-9(8)14-2)10-6-12-11(16)15-10/h3-5,10H,6H2,1-2H3,(H,12,16). The number of hydrogen-bond acceptors (Lipinski definition) is 4. The summed E-state index contributed by atoms with van der Waals surface area (Å²) in [5.41, 5.74) is 1.02. The predicted octanol–water partition coefficient (Wildman–Crippen LogP) is 1.65. The van der Waals surface area contributed by atoms with Gasteiger partial charge in [0.25, 0.3) is 5.17 Å². The van der Waals surface area contributed by atoms with Gasteiger partial charge >= 0.3 is 0 Å². The molecule has 1 aromatic rings. The van der Waals surface area contributed by atoms with Crippen LogP contribution in [-0.4, -0.2) is 25.9 Å². The monoisotopic (exact) mass is 239 g/mol. The molecule has 1 saturated heterocycles. The summed E-state index contributed by atoms with van der Waals surface area (Å²) in [6, 6.07) is 5.71. The molecule has 1 heterocycles. The number of nitrogens with one attached hydrogen (secondary N) is 1. The number of ether oxygens (including phenoxy) is 3. The minimum absolute atomic E-state index is 0.0488. The maximum atomic E-state index is 5.44. The summed E-state index contributed by atoms with van der Waals surface area (Å²) >= 11 is 4.92. The Morgan fingerprint density at radius 1 is 1.31 bits per heavy atom. The molecule has 5 heteroatoms. The molecule has 1 N–H and O–H groups in total. The van der Waals surface area contributed by atoms with E-state index in [2.05, 4.69) is 5.32 Å². The minimum atomic E-state index is -0.0488. The first kappa shape index (κ1) is 11.0. The Balaban J connectivity index is 2.25. The number of thiocarbonyl (C=S) groups is 1. The molecule has 1 aliphatic rings. The molecule has 1 fully saturated rings. The van der Waals surface area contributed by atoms with E-state index >= 15 is 0 Å². The van der Waals surface area contributed by atoms with Crippen LogP contribution in [0.5, 0.6) is 11.5 Å². The first-order valence-electron chi connectivity index (χ1n) is 4.91. The number of methoxy groups -OCH3 is 2. The van der Waals surface area contributed by atoms with Crippen LogP contribution in [-0.2, 0) is 4.74 Å². The maximum Gasteiger partial charge on any atom is 0.257 e. The first-order valence-corrected chi connectivity index (χ1v) is 5.32. The summed E-state index contributed by atoms with van der Waals surface area (Å²) in [7, 11) is 3.22. The molecular formula is C11H13NO3S. The molecule has 0 saturated carbocycles. The lowest BCUT2D eigenvalue weighted by Gasteiger charge is -2.12. The highest BCUT2D eigenvalue weighted by Gasteiger charge is 2.22. The third-order valence-corrected chi connectivity index (χ3v) is 2.70. The Morgan fingerprint density at radius 2 is 2.06 bits per heavy atom. The lowest BCUT2D eigenvalue weighted by Crippen LogP contribution is -2.12. The summed E-state index contributed by atoms with van der Waals surface area (Å²) in [6.45, 7) is 0.689. The van der Waals surface area contributed by atoms with Crippen LogP contribution in [0.15, 0.2) is 18.2 Å². The van der Waals surface area contributed by atoms with Crippen molar-refractivity contribution in [3.63, 3.8) is 0 Å². The summed E-state index contributed by atoms with van der Waals surface area (Å²) in [5, 5.41) is 3.42. The highest BCUT2D eigenvalue weighted by atomic mass is 32.1. The summed E-state index contributed by atoms with van der Waals surface area (Å²) < 4.78 is 15.8. The Kier molecular flexibility index (Phi) is 3.14. The summed E-state index contributed by atoms with van der Waals surface area (Å²) in [4.78, 5) is 0. The van der Waals surface area contributed by atoms with Gasteiger partial charge in [-0.3, -0.25) is 0 Å². The Morgan fingerprint density at radius 3 is 2.62 bits per heavy atom. The third kappa shape index (κ3) is 2.04. The molecule has 0 amide bonds. The van der Waals surface area contributed by atoms with Gasteiger partial charge in [-0.15, -0.1) is 0 Å². The zero-order chi connectivity index (χ0) is 11.5. The fourth-order valence-corrected chi connectivity index (χ4v) is 1.83. The van der Waals surface area contributed by atoms with E-state index in [-0.39, 0.29) is 6.10 Å². The number of rotatable bonds is 3. The van der Waals surface area contributed by atoms with Gasteiger partial charge in [0.05, 0.1) is 20.8 Å². The van der Waals surface area contributed by atoms with Crippen LogP contribution in [0.4, 0.5) is 0 Å². The van der Waals surface area contributed by atoms with Crippen molar-refractivity contribution < 1.29 is 14.2 Å². The molecule has 0 aliphatic carbocycles. The molecule has 4 nitrogen and oxygen atoms in total. The van der Waals surface area contributed by atoms with Gasteiger partial charge < -0.3 is 19.5 Å². The van der Waals surface area contributed by atoms with E-state index in [1.807, 2.05) is 18.2 Å². The van der Waals surface area contributed by atoms with Crippen LogP contribution in [0.1, 0.15) is 11.7 Å². The fourth-order valence-electron chi connectivity index (χ4n) is 1.63. The summed E-state index contributed by atoms with van der Waals surface area (Å²) in [6.07, 6.45) is -0.0488. The van der Waals surface area contributed by atoms with E-state index in [1.54, 1.807) is 14.2 Å². The van der Waals surface area contributed by atoms with Crippen molar-refractivity contribution in [2.45, 2.75) is 6.10 Å². The average Bonchev–Trinajstić information content (AvgIpc) is 2.75. The Bertz CT molecular complexity index is 408. The second-order valence-corrected chi connectivity index (χ2v) is 3.76. The molecule has 0 aromatic heterocycles. The van der Waals surface area contributed by atoms with Gasteiger partial charge in [0, 0.05) is 0 Å². The molecule has 1 aromatic carbocycles. The van der Waals surface area contributed by atoms with Crippen LogP contribution in [0.25, 0.3) is 0 Å². The Hall–Kier alpha value is -1.49. The Labute approximate surface area is 99.5 Å². The van der Waals surface area contributed by atoms with Crippen LogP contribution in [0, 0.1) is 0 Å². The normalized spacial score (nSPS) is 18.9. The second kappa shape index (κ2) is 4.57. The van der Waals surface area contributed by atoms with Gasteiger partial charge in [-0.2, -0.15) is 0 Å². The third-order valence-electron chi connectivity index (χ3n) is 2.46. The van der Waals surface area contributed by atoms with Crippen LogP contribution < -0.4 is 14.8 Å². The van der Waals surface area contributed by atoms with Crippen molar-refractivity contribution in [3.05, 3.63) is 23.8 Å². The smallest absolute Gasteiger partial charge is 0.257 e. The largest absolute Gasteiger partial charge is 0.493 e. The molecule has 0 radical (unpaired) electrons. The highest BCUT2D eigenvalue weighted by Crippen LogP contribution is 2.31. The molecule has 86 valence electrons. The average molecular weight is 239 g/mol. The van der Waals surface area contributed by atoms with Gasteiger partial charge in [0.2, 0.25) is 0 Å². The molecule has 1 atom stereocenters. The van der Waals surface area contributed by atoms with Crippen molar-refractivity contribution in [3.8, 4) is 11.5 Å². The van der Waals surface area contributed by atoms with E-state index in [4.69, 9.17) is 26.4 Å². The van der Waals surface area contributed by atoms with Gasteiger partial charge in [0.1, 0.15) is 6.10 Å². The predicted molar refractivity (Wildman–Crippen MR) is 64.0 cm³/mol. The maximum absolute atomic E-state index is 5.44. The fraction of sp³-hybridized carbons (Fsp3) is 0.364. The van der Waals surface area contributed by atoms with Crippen molar-refractivity contribution in [1.82, 2.24) is 5.32 Å².